The molecule has 4 rings (SSSR count). The molecule has 1 aliphatic heterocycles. The number of para-hydroxylation sites is 1. The van der Waals surface area contributed by atoms with Crippen molar-refractivity contribution in [3.8, 4) is 5.75 Å². The minimum atomic E-state index is -0.331. The fourth-order valence-electron chi connectivity index (χ4n) is 3.49. The molecule has 0 spiro atoms. The number of ether oxygens (including phenoxy) is 2. The third-order valence-corrected chi connectivity index (χ3v) is 5.05. The average Bonchev–Trinajstić information content (AvgIpc) is 3.30. The van der Waals surface area contributed by atoms with Crippen molar-refractivity contribution in [3.05, 3.63) is 72.3 Å². The Morgan fingerprint density at radius 3 is 2.63 bits per heavy atom. The molecule has 154 valence electrons. The number of carbonyl (C=O) groups excluding carboxylic acids is 2. The van der Waals surface area contributed by atoms with Gasteiger partial charge >= 0.3 is 0 Å². The molecule has 1 atom stereocenters. The number of benzene rings is 3. The number of nitrogens with one attached hydrogen (secondary N) is 2. The summed E-state index contributed by atoms with van der Waals surface area (Å²) in [7, 11) is 0. The van der Waals surface area contributed by atoms with Crippen LogP contribution in [0.4, 0.5) is 5.69 Å². The zero-order valence-corrected chi connectivity index (χ0v) is 16.6. The van der Waals surface area contributed by atoms with Crippen molar-refractivity contribution in [2.24, 2.45) is 0 Å². The fourth-order valence-corrected chi connectivity index (χ4v) is 3.49. The number of hydrogen-bond acceptors (Lipinski definition) is 4. The van der Waals surface area contributed by atoms with E-state index in [9.17, 15) is 9.59 Å². The molecule has 3 aromatic rings. The number of anilines is 1. The second-order valence-electron chi connectivity index (χ2n) is 7.24. The van der Waals surface area contributed by atoms with Crippen LogP contribution in [-0.4, -0.2) is 37.7 Å². The van der Waals surface area contributed by atoms with Crippen LogP contribution < -0.4 is 15.4 Å². The molecule has 1 unspecified atom stereocenters. The van der Waals surface area contributed by atoms with E-state index < -0.39 is 0 Å². The Hall–Kier alpha value is -3.38. The zero-order chi connectivity index (χ0) is 20.8. The highest BCUT2D eigenvalue weighted by Crippen LogP contribution is 2.21. The highest BCUT2D eigenvalue weighted by molar-refractivity contribution is 6.04. The van der Waals surface area contributed by atoms with Crippen LogP contribution in [0.15, 0.2) is 66.7 Å². The van der Waals surface area contributed by atoms with Crippen molar-refractivity contribution < 1.29 is 19.1 Å². The Labute approximate surface area is 175 Å². The van der Waals surface area contributed by atoms with Crippen LogP contribution in [0.1, 0.15) is 23.2 Å². The van der Waals surface area contributed by atoms with Crippen LogP contribution in [0.2, 0.25) is 0 Å². The van der Waals surface area contributed by atoms with E-state index in [-0.39, 0.29) is 24.5 Å². The van der Waals surface area contributed by atoms with Crippen LogP contribution in [0.5, 0.6) is 5.75 Å². The maximum Gasteiger partial charge on any atom is 0.262 e. The lowest BCUT2D eigenvalue weighted by Crippen LogP contribution is -2.32. The normalized spacial score (nSPS) is 15.7. The second-order valence-corrected chi connectivity index (χ2v) is 7.24. The molecule has 2 amide bonds. The van der Waals surface area contributed by atoms with Crippen molar-refractivity contribution >= 4 is 28.3 Å². The molecule has 2 N–H and O–H groups in total. The Balaban J connectivity index is 1.34. The Morgan fingerprint density at radius 1 is 1.00 bits per heavy atom. The van der Waals surface area contributed by atoms with Gasteiger partial charge in [-0.2, -0.15) is 0 Å². The highest BCUT2D eigenvalue weighted by Gasteiger charge is 2.18. The van der Waals surface area contributed by atoms with Crippen molar-refractivity contribution in [1.29, 1.82) is 0 Å². The predicted molar refractivity (Wildman–Crippen MR) is 116 cm³/mol. The summed E-state index contributed by atoms with van der Waals surface area (Å²) in [5.74, 6) is 0.0471. The first-order valence-corrected chi connectivity index (χ1v) is 10.1. The molecule has 1 aliphatic rings. The minimum Gasteiger partial charge on any atom is -0.484 e. The lowest BCUT2D eigenvalue weighted by molar-refractivity contribution is -0.118. The number of amides is 2. The van der Waals surface area contributed by atoms with Gasteiger partial charge in [0.1, 0.15) is 5.75 Å². The molecule has 1 saturated heterocycles. The largest absolute Gasteiger partial charge is 0.484 e. The molecule has 0 radical (unpaired) electrons. The van der Waals surface area contributed by atoms with Gasteiger partial charge in [-0.1, -0.05) is 42.5 Å². The van der Waals surface area contributed by atoms with Gasteiger partial charge in [-0.3, -0.25) is 9.59 Å². The van der Waals surface area contributed by atoms with Crippen LogP contribution in [0.3, 0.4) is 0 Å². The summed E-state index contributed by atoms with van der Waals surface area (Å²) in [5, 5.41) is 7.81. The minimum absolute atomic E-state index is 0.0612. The van der Waals surface area contributed by atoms with Crippen LogP contribution in [0, 0.1) is 0 Å². The smallest absolute Gasteiger partial charge is 0.262 e. The van der Waals surface area contributed by atoms with E-state index in [1.807, 2.05) is 42.5 Å². The van der Waals surface area contributed by atoms with Crippen molar-refractivity contribution in [2.45, 2.75) is 18.9 Å². The van der Waals surface area contributed by atoms with E-state index in [0.717, 1.165) is 30.2 Å². The van der Waals surface area contributed by atoms with E-state index in [1.165, 1.54) is 0 Å². The summed E-state index contributed by atoms with van der Waals surface area (Å²) in [6.07, 6.45) is 2.03. The molecule has 6 heteroatoms. The van der Waals surface area contributed by atoms with Gasteiger partial charge < -0.3 is 20.1 Å². The molecule has 30 heavy (non-hydrogen) atoms. The number of rotatable bonds is 7. The molecule has 0 aromatic heterocycles. The average molecular weight is 404 g/mol. The van der Waals surface area contributed by atoms with E-state index in [2.05, 4.69) is 10.6 Å². The van der Waals surface area contributed by atoms with Gasteiger partial charge in [0.15, 0.2) is 6.61 Å². The summed E-state index contributed by atoms with van der Waals surface area (Å²) >= 11 is 0. The van der Waals surface area contributed by atoms with Crippen LogP contribution in [0.25, 0.3) is 10.8 Å². The summed E-state index contributed by atoms with van der Waals surface area (Å²) < 4.78 is 11.2. The number of fused-ring (bicyclic) bond motifs is 1. The van der Waals surface area contributed by atoms with Gasteiger partial charge in [-0.05, 0) is 47.9 Å². The first-order valence-electron chi connectivity index (χ1n) is 10.1. The molecule has 6 nitrogen and oxygen atoms in total. The fraction of sp³-hybridized carbons (Fsp3) is 0.250. The van der Waals surface area contributed by atoms with Crippen molar-refractivity contribution in [1.82, 2.24) is 5.32 Å². The number of carbonyl (C=O) groups is 2. The predicted octanol–water partition coefficient (Wildman–Crippen LogP) is 3.77. The SMILES string of the molecule is O=C(COc1ccc2ccccc2c1)Nc1ccccc1C(=O)NCC1CCCO1. The van der Waals surface area contributed by atoms with E-state index in [4.69, 9.17) is 9.47 Å². The van der Waals surface area contributed by atoms with E-state index >= 15 is 0 Å². The van der Waals surface area contributed by atoms with Gasteiger partial charge in [-0.15, -0.1) is 0 Å². The van der Waals surface area contributed by atoms with Gasteiger partial charge in [0.05, 0.1) is 17.4 Å². The molecule has 3 aromatic carbocycles. The monoisotopic (exact) mass is 404 g/mol. The maximum atomic E-state index is 12.6. The molecule has 0 aliphatic carbocycles. The lowest BCUT2D eigenvalue weighted by atomic mass is 10.1. The Morgan fingerprint density at radius 2 is 1.80 bits per heavy atom. The van der Waals surface area contributed by atoms with E-state index in [0.29, 0.717) is 23.5 Å². The third kappa shape index (κ3) is 4.96. The summed E-state index contributed by atoms with van der Waals surface area (Å²) in [4.78, 5) is 25.0. The standard InChI is InChI=1S/C24H24N2O4/c27-23(16-30-19-12-11-17-6-1-2-7-18(17)14-19)26-22-10-4-3-9-21(22)24(28)25-15-20-8-5-13-29-20/h1-4,6-7,9-12,14,20H,5,8,13,15-16H2,(H,25,28)(H,26,27). The first kappa shape index (κ1) is 19.9. The summed E-state index contributed by atoms with van der Waals surface area (Å²) in [6, 6.07) is 20.6. The van der Waals surface area contributed by atoms with Gasteiger partial charge in [-0.25, -0.2) is 0 Å². The highest BCUT2D eigenvalue weighted by atomic mass is 16.5. The van der Waals surface area contributed by atoms with Crippen LogP contribution >= 0.6 is 0 Å². The number of hydrogen-bond donors (Lipinski definition) is 2. The lowest BCUT2D eigenvalue weighted by Gasteiger charge is -2.14. The third-order valence-electron chi connectivity index (χ3n) is 5.05. The van der Waals surface area contributed by atoms with Crippen molar-refractivity contribution in [2.75, 3.05) is 25.1 Å². The second kappa shape index (κ2) is 9.41. The molecule has 1 heterocycles. The van der Waals surface area contributed by atoms with Gasteiger partial charge in [0.25, 0.3) is 11.8 Å². The first-order chi connectivity index (χ1) is 14.7. The molecular formula is C24H24N2O4. The van der Waals surface area contributed by atoms with Gasteiger partial charge in [0, 0.05) is 13.2 Å². The summed E-state index contributed by atoms with van der Waals surface area (Å²) in [6.45, 7) is 1.06. The van der Waals surface area contributed by atoms with Gasteiger partial charge in [0.2, 0.25) is 0 Å². The molecule has 1 fully saturated rings. The zero-order valence-electron chi connectivity index (χ0n) is 16.6. The Kier molecular flexibility index (Phi) is 6.25. The molecular weight excluding hydrogens is 380 g/mol. The van der Waals surface area contributed by atoms with Crippen molar-refractivity contribution in [3.63, 3.8) is 0 Å². The van der Waals surface area contributed by atoms with Crippen LogP contribution in [-0.2, 0) is 9.53 Å². The Bertz CT molecular complexity index is 1040. The maximum absolute atomic E-state index is 12.6. The quantitative estimate of drug-likeness (QED) is 0.629. The molecule has 0 saturated carbocycles. The van der Waals surface area contributed by atoms with E-state index in [1.54, 1.807) is 24.3 Å². The summed E-state index contributed by atoms with van der Waals surface area (Å²) in [5.41, 5.74) is 0.865. The molecule has 0 bridgehead atoms. The topological polar surface area (TPSA) is 76.7 Å².